The lowest BCUT2D eigenvalue weighted by Gasteiger charge is -2.18. The van der Waals surface area contributed by atoms with Gasteiger partial charge in [0.25, 0.3) is 10.0 Å². The van der Waals surface area contributed by atoms with Gasteiger partial charge < -0.3 is 15.2 Å². The smallest absolute Gasteiger partial charge is 0.265 e. The van der Waals surface area contributed by atoms with Crippen molar-refractivity contribution in [2.45, 2.75) is 52.9 Å². The molecule has 0 spiro atoms. The second-order valence-electron chi connectivity index (χ2n) is 10.1. The number of hydrogen-bond donors (Lipinski definition) is 3. The Kier molecular flexibility index (Phi) is 8.00. The van der Waals surface area contributed by atoms with Crippen molar-refractivity contribution in [3.63, 3.8) is 0 Å². The fraction of sp³-hybridized carbons (Fsp3) is 0.385. The largest absolute Gasteiger partial charge is 0.508 e. The third-order valence-corrected chi connectivity index (χ3v) is 7.84. The predicted octanol–water partition coefficient (Wildman–Crippen LogP) is 5.82. The number of phenols is 1. The Morgan fingerprint density at radius 1 is 1.17 bits per heavy atom. The van der Waals surface area contributed by atoms with E-state index in [-0.39, 0.29) is 28.2 Å². The third kappa shape index (κ3) is 6.36. The van der Waals surface area contributed by atoms with E-state index in [4.69, 9.17) is 4.74 Å². The zero-order chi connectivity index (χ0) is 26.8. The Hall–Kier alpha value is -3.11. The average molecular weight is 532 g/mol. The van der Waals surface area contributed by atoms with Gasteiger partial charge in [0.05, 0.1) is 17.7 Å². The molecule has 3 rings (SSSR count). The summed E-state index contributed by atoms with van der Waals surface area (Å²) in [7, 11) is -2.59. The molecule has 2 aromatic carbocycles. The Morgan fingerprint density at radius 2 is 1.81 bits per heavy atom. The highest BCUT2D eigenvalue weighted by Crippen LogP contribution is 2.40. The van der Waals surface area contributed by atoms with Gasteiger partial charge in [-0.2, -0.15) is 0 Å². The summed E-state index contributed by atoms with van der Waals surface area (Å²) in [6.45, 7) is 11.4. The summed E-state index contributed by atoms with van der Waals surface area (Å²) in [6.07, 6.45) is 0.601. The highest BCUT2D eigenvalue weighted by atomic mass is 32.2. The number of ether oxygens (including phenoxy) is 1. The molecule has 0 aliphatic carbocycles. The van der Waals surface area contributed by atoms with E-state index in [9.17, 15) is 18.3 Å². The summed E-state index contributed by atoms with van der Waals surface area (Å²) in [6, 6.07) is 9.27. The number of thiazole rings is 1. The fourth-order valence-corrected chi connectivity index (χ4v) is 5.80. The number of anilines is 2. The van der Waals surface area contributed by atoms with Crippen LogP contribution < -0.4 is 14.8 Å². The average Bonchev–Trinajstić information content (AvgIpc) is 3.13. The number of sulfonamides is 1. The Morgan fingerprint density at radius 3 is 2.36 bits per heavy atom. The van der Waals surface area contributed by atoms with E-state index in [1.165, 1.54) is 42.7 Å². The first kappa shape index (κ1) is 27.5. The number of amides is 1. The van der Waals surface area contributed by atoms with Gasteiger partial charge in [0.1, 0.15) is 16.4 Å². The minimum atomic E-state index is -4.04. The lowest BCUT2D eigenvalue weighted by atomic mass is 9.96. The molecule has 0 unspecified atom stereocenters. The number of nitrogens with one attached hydrogen (secondary N) is 2. The fourth-order valence-electron chi connectivity index (χ4n) is 3.56. The molecule has 0 radical (unpaired) electrons. The molecule has 194 valence electrons. The highest BCUT2D eigenvalue weighted by molar-refractivity contribution is 7.92. The normalized spacial score (nSPS) is 12.0. The second-order valence-corrected chi connectivity index (χ2v) is 12.7. The molecule has 1 amide bonds. The first-order valence-corrected chi connectivity index (χ1v) is 13.8. The Bertz CT molecular complexity index is 1360. The number of methoxy groups -OCH3 is 1. The first-order valence-electron chi connectivity index (χ1n) is 11.5. The van der Waals surface area contributed by atoms with E-state index in [2.05, 4.69) is 15.0 Å². The van der Waals surface area contributed by atoms with Crippen molar-refractivity contribution in [2.75, 3.05) is 17.1 Å². The lowest BCUT2D eigenvalue weighted by molar-refractivity contribution is -0.123. The van der Waals surface area contributed by atoms with Gasteiger partial charge in [-0.25, -0.2) is 13.4 Å². The van der Waals surface area contributed by atoms with Crippen LogP contribution in [0.15, 0.2) is 41.3 Å². The second kappa shape index (κ2) is 10.5. The van der Waals surface area contributed by atoms with Crippen LogP contribution >= 0.6 is 11.3 Å². The van der Waals surface area contributed by atoms with E-state index in [1.54, 1.807) is 6.07 Å². The van der Waals surface area contributed by atoms with Gasteiger partial charge in [-0.05, 0) is 66.8 Å². The molecule has 3 N–H and O–H groups in total. The molecule has 8 nitrogen and oxygen atoms in total. The molecule has 10 heteroatoms. The number of carbonyl (C=O) groups excluding carboxylic acids is 1. The van der Waals surface area contributed by atoms with E-state index >= 15 is 0 Å². The van der Waals surface area contributed by atoms with Crippen LogP contribution in [-0.2, 0) is 21.2 Å². The first-order chi connectivity index (χ1) is 16.7. The molecule has 3 aromatic rings. The highest BCUT2D eigenvalue weighted by Gasteiger charge is 2.27. The summed E-state index contributed by atoms with van der Waals surface area (Å²) in [4.78, 5) is 17.7. The minimum Gasteiger partial charge on any atom is -0.508 e. The number of aromatic nitrogens is 1. The monoisotopic (exact) mass is 531 g/mol. The van der Waals surface area contributed by atoms with Crippen molar-refractivity contribution >= 4 is 38.1 Å². The Labute approximate surface area is 216 Å². The van der Waals surface area contributed by atoms with Crippen LogP contribution in [0.1, 0.15) is 45.9 Å². The molecular weight excluding hydrogens is 498 g/mol. The number of nitrogens with zero attached hydrogens (tertiary/aromatic N) is 1. The van der Waals surface area contributed by atoms with Crippen molar-refractivity contribution in [3.05, 3.63) is 47.7 Å². The van der Waals surface area contributed by atoms with Crippen LogP contribution in [0, 0.1) is 18.3 Å². The molecule has 0 saturated carbocycles. The van der Waals surface area contributed by atoms with Crippen LogP contribution in [0.3, 0.4) is 0 Å². The SMILES string of the molecule is COc1c(CC(C)C)cc(-c2sc(NC(=O)C(C)(C)C)nc2C)cc1S(=O)(=O)Nc1ccc(O)cc1. The summed E-state index contributed by atoms with van der Waals surface area (Å²) in [5.74, 6) is 0.410. The molecular formula is C26H33N3O5S2. The van der Waals surface area contributed by atoms with Crippen molar-refractivity contribution in [1.29, 1.82) is 0 Å². The predicted molar refractivity (Wildman–Crippen MR) is 144 cm³/mol. The summed E-state index contributed by atoms with van der Waals surface area (Å²) < 4.78 is 35.2. The summed E-state index contributed by atoms with van der Waals surface area (Å²) in [5.41, 5.74) is 1.84. The van der Waals surface area contributed by atoms with Gasteiger partial charge in [-0.3, -0.25) is 9.52 Å². The van der Waals surface area contributed by atoms with E-state index < -0.39 is 15.4 Å². The number of hydrogen-bond acceptors (Lipinski definition) is 7. The van der Waals surface area contributed by atoms with E-state index in [0.717, 1.165) is 10.4 Å². The summed E-state index contributed by atoms with van der Waals surface area (Å²) >= 11 is 1.30. The van der Waals surface area contributed by atoms with E-state index in [1.807, 2.05) is 47.6 Å². The van der Waals surface area contributed by atoms with Crippen molar-refractivity contribution in [2.24, 2.45) is 11.3 Å². The molecule has 0 atom stereocenters. The zero-order valence-electron chi connectivity index (χ0n) is 21.6. The lowest BCUT2D eigenvalue weighted by Crippen LogP contribution is -2.27. The molecule has 1 aromatic heterocycles. The Balaban J connectivity index is 2.13. The number of aryl methyl sites for hydroxylation is 1. The van der Waals surface area contributed by atoms with Crippen LogP contribution in [-0.4, -0.2) is 31.5 Å². The number of rotatable bonds is 8. The topological polar surface area (TPSA) is 118 Å². The van der Waals surface area contributed by atoms with Gasteiger partial charge in [0.2, 0.25) is 5.91 Å². The number of benzene rings is 2. The van der Waals surface area contributed by atoms with Gasteiger partial charge in [0.15, 0.2) is 5.13 Å². The van der Waals surface area contributed by atoms with Crippen molar-refractivity contribution in [1.82, 2.24) is 4.98 Å². The molecule has 0 aliphatic rings. The molecule has 36 heavy (non-hydrogen) atoms. The van der Waals surface area contributed by atoms with Crippen LogP contribution in [0.25, 0.3) is 10.4 Å². The number of carbonyl (C=O) groups is 1. The van der Waals surface area contributed by atoms with Gasteiger partial charge >= 0.3 is 0 Å². The maximum atomic E-state index is 13.5. The molecule has 0 bridgehead atoms. The third-order valence-electron chi connectivity index (χ3n) is 5.33. The minimum absolute atomic E-state index is 0.000646. The van der Waals surface area contributed by atoms with E-state index in [0.29, 0.717) is 28.5 Å². The molecule has 0 aliphatic heterocycles. The van der Waals surface area contributed by atoms with Crippen LogP contribution in [0.4, 0.5) is 10.8 Å². The zero-order valence-corrected chi connectivity index (χ0v) is 23.2. The maximum absolute atomic E-state index is 13.5. The van der Waals surface area contributed by atoms with Crippen LogP contribution in [0.5, 0.6) is 11.5 Å². The molecule has 0 saturated heterocycles. The van der Waals surface area contributed by atoms with Crippen LogP contribution in [0.2, 0.25) is 0 Å². The van der Waals surface area contributed by atoms with Gasteiger partial charge in [-0.15, -0.1) is 0 Å². The number of aromatic hydroxyl groups is 1. The maximum Gasteiger partial charge on any atom is 0.265 e. The molecule has 0 fully saturated rings. The van der Waals surface area contributed by atoms with Gasteiger partial charge in [0, 0.05) is 11.1 Å². The van der Waals surface area contributed by atoms with Crippen molar-refractivity contribution < 1.29 is 23.1 Å². The van der Waals surface area contributed by atoms with Gasteiger partial charge in [-0.1, -0.05) is 46.0 Å². The van der Waals surface area contributed by atoms with Crippen molar-refractivity contribution in [3.8, 4) is 21.9 Å². The summed E-state index contributed by atoms with van der Waals surface area (Å²) in [5, 5.41) is 12.8. The quantitative estimate of drug-likeness (QED) is 0.316. The molecule has 1 heterocycles. The number of phenolic OH excluding ortho intramolecular Hbond substituents is 1. The standard InChI is InChI=1S/C26H33N3O5S2/c1-15(2)12-17-13-18(23-16(3)27-25(35-23)28-24(31)26(4,5)6)14-21(22(17)34-7)36(32,33)29-19-8-10-20(30)11-9-19/h8-11,13-15,29-30H,12H2,1-7H3,(H,27,28,31).